The lowest BCUT2D eigenvalue weighted by atomic mass is 10.1. The topological polar surface area (TPSA) is 29.3 Å². The first kappa shape index (κ1) is 15.1. The second-order valence-electron chi connectivity index (χ2n) is 4.36. The van der Waals surface area contributed by atoms with Crippen LogP contribution in [0.3, 0.4) is 0 Å². The Morgan fingerprint density at radius 3 is 2.41 bits per heavy atom. The number of rotatable bonds is 2. The van der Waals surface area contributed by atoms with Gasteiger partial charge in [-0.15, -0.1) is 12.4 Å². The van der Waals surface area contributed by atoms with Crippen LogP contribution in [0.15, 0.2) is 18.2 Å². The summed E-state index contributed by atoms with van der Waals surface area (Å²) in [7, 11) is 0. The monoisotopic (exact) mass is 294 g/mol. The molecule has 1 fully saturated rings. The average molecular weight is 296 g/mol. The lowest BCUT2D eigenvalue weighted by molar-refractivity contribution is 0.205. The van der Waals surface area contributed by atoms with Gasteiger partial charge in [0.1, 0.15) is 0 Å². The van der Waals surface area contributed by atoms with Crippen LogP contribution in [0, 0.1) is 0 Å². The van der Waals surface area contributed by atoms with Crippen molar-refractivity contribution < 1.29 is 0 Å². The van der Waals surface area contributed by atoms with Crippen molar-refractivity contribution in [2.75, 3.05) is 13.1 Å². The van der Waals surface area contributed by atoms with E-state index in [-0.39, 0.29) is 12.4 Å². The van der Waals surface area contributed by atoms with Gasteiger partial charge in [-0.25, -0.2) is 0 Å². The fraction of sp³-hybridized carbons (Fsp3) is 0.500. The molecule has 5 heteroatoms. The lowest BCUT2D eigenvalue weighted by Crippen LogP contribution is -2.39. The zero-order valence-corrected chi connectivity index (χ0v) is 11.9. The normalized spacial score (nSPS) is 17.8. The van der Waals surface area contributed by atoms with Crippen LogP contribution in [0.2, 0.25) is 10.0 Å². The molecule has 17 heavy (non-hydrogen) atoms. The molecule has 96 valence electrons. The molecule has 0 saturated carbocycles. The largest absolute Gasteiger partial charge is 0.328 e. The Bertz CT molecular complexity index is 363. The van der Waals surface area contributed by atoms with E-state index in [2.05, 4.69) is 4.90 Å². The van der Waals surface area contributed by atoms with Crippen LogP contribution in [0.4, 0.5) is 0 Å². The van der Waals surface area contributed by atoms with Gasteiger partial charge in [0.15, 0.2) is 0 Å². The van der Waals surface area contributed by atoms with E-state index in [0.29, 0.717) is 16.1 Å². The standard InChI is InChI=1S/C12H16Cl2N2.ClH/c13-11-2-1-9(7-12(11)14)8-16-5-3-10(15)4-6-16;/h1-2,7,10H,3-6,8,15H2;1H. The summed E-state index contributed by atoms with van der Waals surface area (Å²) in [4.78, 5) is 2.41. The molecule has 0 aromatic heterocycles. The average Bonchev–Trinajstić information content (AvgIpc) is 2.27. The summed E-state index contributed by atoms with van der Waals surface area (Å²) >= 11 is 11.9. The number of nitrogens with zero attached hydrogens (tertiary/aromatic N) is 1. The van der Waals surface area contributed by atoms with Crippen molar-refractivity contribution in [1.82, 2.24) is 4.90 Å². The molecule has 0 bridgehead atoms. The Hall–Kier alpha value is 0.01000. The molecule has 0 amide bonds. The zero-order valence-electron chi connectivity index (χ0n) is 9.53. The fourth-order valence-corrected chi connectivity index (χ4v) is 2.33. The summed E-state index contributed by atoms with van der Waals surface area (Å²) in [6.45, 7) is 3.08. The summed E-state index contributed by atoms with van der Waals surface area (Å²) in [5, 5.41) is 1.25. The molecule has 0 unspecified atom stereocenters. The molecule has 0 radical (unpaired) electrons. The number of nitrogens with two attached hydrogens (primary N) is 1. The number of benzene rings is 1. The highest BCUT2D eigenvalue weighted by molar-refractivity contribution is 6.42. The van der Waals surface area contributed by atoms with Gasteiger partial charge < -0.3 is 5.73 Å². The molecule has 2 rings (SSSR count). The SMILES string of the molecule is Cl.NC1CCN(Cc2ccc(Cl)c(Cl)c2)CC1. The second-order valence-corrected chi connectivity index (χ2v) is 5.18. The highest BCUT2D eigenvalue weighted by Gasteiger charge is 2.16. The van der Waals surface area contributed by atoms with Gasteiger partial charge in [-0.3, -0.25) is 4.90 Å². The Kier molecular flexibility index (Phi) is 6.04. The first-order chi connectivity index (χ1) is 7.65. The summed E-state index contributed by atoms with van der Waals surface area (Å²) in [6.07, 6.45) is 2.17. The van der Waals surface area contributed by atoms with E-state index in [1.54, 1.807) is 0 Å². The van der Waals surface area contributed by atoms with Crippen molar-refractivity contribution >= 4 is 35.6 Å². The number of likely N-dealkylation sites (tertiary alicyclic amines) is 1. The third-order valence-corrected chi connectivity index (χ3v) is 3.76. The second kappa shape index (κ2) is 6.81. The summed E-state index contributed by atoms with van der Waals surface area (Å²) in [6, 6.07) is 6.21. The summed E-state index contributed by atoms with van der Waals surface area (Å²) < 4.78 is 0. The third kappa shape index (κ3) is 4.31. The van der Waals surface area contributed by atoms with Gasteiger partial charge in [0.05, 0.1) is 10.0 Å². The highest BCUT2D eigenvalue weighted by Crippen LogP contribution is 2.23. The van der Waals surface area contributed by atoms with Crippen molar-refractivity contribution in [3.8, 4) is 0 Å². The Morgan fingerprint density at radius 2 is 1.82 bits per heavy atom. The van der Waals surface area contributed by atoms with Crippen molar-refractivity contribution in [3.63, 3.8) is 0 Å². The first-order valence-corrected chi connectivity index (χ1v) is 6.32. The van der Waals surface area contributed by atoms with E-state index < -0.39 is 0 Å². The van der Waals surface area contributed by atoms with Crippen LogP contribution >= 0.6 is 35.6 Å². The molecule has 1 aliphatic rings. The first-order valence-electron chi connectivity index (χ1n) is 5.57. The summed E-state index contributed by atoms with van der Waals surface area (Å²) in [5.41, 5.74) is 7.08. The van der Waals surface area contributed by atoms with Crippen molar-refractivity contribution in [1.29, 1.82) is 0 Å². The third-order valence-electron chi connectivity index (χ3n) is 3.02. The van der Waals surface area contributed by atoms with Gasteiger partial charge in [0.2, 0.25) is 0 Å². The Morgan fingerprint density at radius 1 is 1.18 bits per heavy atom. The van der Waals surface area contributed by atoms with Gasteiger partial charge in [0, 0.05) is 12.6 Å². The molecular formula is C12H17Cl3N2. The van der Waals surface area contributed by atoms with Crippen LogP contribution in [0.25, 0.3) is 0 Å². The van der Waals surface area contributed by atoms with Gasteiger partial charge in [-0.2, -0.15) is 0 Å². The lowest BCUT2D eigenvalue weighted by Gasteiger charge is -2.30. The maximum absolute atomic E-state index is 5.98. The predicted molar refractivity (Wildman–Crippen MR) is 76.2 cm³/mol. The van der Waals surface area contributed by atoms with Gasteiger partial charge in [-0.1, -0.05) is 29.3 Å². The molecule has 1 aliphatic heterocycles. The molecule has 0 aliphatic carbocycles. The van der Waals surface area contributed by atoms with Gasteiger partial charge in [-0.05, 0) is 43.6 Å². The quantitative estimate of drug-likeness (QED) is 0.907. The van der Waals surface area contributed by atoms with Gasteiger partial charge in [0.25, 0.3) is 0 Å². The zero-order chi connectivity index (χ0) is 11.5. The van der Waals surface area contributed by atoms with Crippen molar-refractivity contribution in [2.24, 2.45) is 5.73 Å². The van der Waals surface area contributed by atoms with E-state index in [1.165, 1.54) is 5.56 Å². The van der Waals surface area contributed by atoms with Gasteiger partial charge >= 0.3 is 0 Å². The van der Waals surface area contributed by atoms with Crippen LogP contribution in [0.1, 0.15) is 18.4 Å². The van der Waals surface area contributed by atoms with E-state index in [1.807, 2.05) is 18.2 Å². The summed E-state index contributed by atoms with van der Waals surface area (Å²) in [5.74, 6) is 0. The molecule has 1 aromatic carbocycles. The molecular weight excluding hydrogens is 279 g/mol. The number of halogens is 3. The van der Waals surface area contributed by atoms with E-state index in [9.17, 15) is 0 Å². The van der Waals surface area contributed by atoms with Crippen LogP contribution in [-0.4, -0.2) is 24.0 Å². The molecule has 0 spiro atoms. The number of hydrogen-bond donors (Lipinski definition) is 1. The molecule has 2 nitrogen and oxygen atoms in total. The molecule has 2 N–H and O–H groups in total. The minimum atomic E-state index is 0. The maximum atomic E-state index is 5.98. The molecule has 1 saturated heterocycles. The Labute approximate surface area is 118 Å². The van der Waals surface area contributed by atoms with Crippen molar-refractivity contribution in [2.45, 2.75) is 25.4 Å². The van der Waals surface area contributed by atoms with E-state index in [4.69, 9.17) is 28.9 Å². The minimum Gasteiger partial charge on any atom is -0.328 e. The Balaban J connectivity index is 0.00000144. The van der Waals surface area contributed by atoms with Crippen LogP contribution < -0.4 is 5.73 Å². The minimum absolute atomic E-state index is 0. The fourth-order valence-electron chi connectivity index (χ4n) is 2.01. The molecule has 1 heterocycles. The van der Waals surface area contributed by atoms with Crippen LogP contribution in [0.5, 0.6) is 0 Å². The van der Waals surface area contributed by atoms with Crippen molar-refractivity contribution in [3.05, 3.63) is 33.8 Å². The smallest absolute Gasteiger partial charge is 0.0595 e. The number of piperidine rings is 1. The maximum Gasteiger partial charge on any atom is 0.0595 e. The number of hydrogen-bond acceptors (Lipinski definition) is 2. The van der Waals surface area contributed by atoms with Crippen LogP contribution in [-0.2, 0) is 6.54 Å². The molecule has 0 atom stereocenters. The molecule has 1 aromatic rings. The predicted octanol–water partition coefficient (Wildman–Crippen LogP) is 3.34. The van der Waals surface area contributed by atoms with E-state index in [0.717, 1.165) is 32.5 Å². The van der Waals surface area contributed by atoms with E-state index >= 15 is 0 Å². The highest BCUT2D eigenvalue weighted by atomic mass is 35.5.